The molecule has 0 aliphatic carbocycles. The van der Waals surface area contributed by atoms with Crippen molar-refractivity contribution >= 4 is 11.9 Å². The Morgan fingerprint density at radius 2 is 1.52 bits per heavy atom. The van der Waals surface area contributed by atoms with E-state index in [1.807, 2.05) is 60.7 Å². The van der Waals surface area contributed by atoms with E-state index in [2.05, 4.69) is 0 Å². The molecule has 0 aromatic heterocycles. The maximum absolute atomic E-state index is 12.3. The molecule has 0 atom stereocenters. The average Bonchev–Trinajstić information content (AvgIpc) is 2.74. The maximum Gasteiger partial charge on any atom is 0.201 e. The van der Waals surface area contributed by atoms with Crippen LogP contribution in [0.3, 0.4) is 0 Å². The Bertz CT molecular complexity index is 998. The number of aromatic hydroxyl groups is 1. The van der Waals surface area contributed by atoms with Gasteiger partial charge in [-0.15, -0.1) is 0 Å². The van der Waals surface area contributed by atoms with Gasteiger partial charge >= 0.3 is 0 Å². The molecule has 3 rings (SSSR count). The first-order valence-corrected chi connectivity index (χ1v) is 9.22. The molecule has 3 aromatic carbocycles. The maximum atomic E-state index is 12.3. The molecule has 0 bridgehead atoms. The quantitative estimate of drug-likeness (QED) is 0.547. The number of nitrogens with two attached hydrogens (primary N) is 1. The predicted octanol–water partition coefficient (Wildman–Crippen LogP) is 4.68. The fourth-order valence-corrected chi connectivity index (χ4v) is 2.96. The molecule has 0 aliphatic rings. The largest absolute Gasteiger partial charge is 0.502 e. The summed E-state index contributed by atoms with van der Waals surface area (Å²) >= 11 is 0. The molecular weight excluding hydrogens is 366 g/mol. The summed E-state index contributed by atoms with van der Waals surface area (Å²) in [5.74, 6) is -0.155. The monoisotopic (exact) mass is 389 g/mol. The van der Waals surface area contributed by atoms with Gasteiger partial charge in [0, 0.05) is 0 Å². The summed E-state index contributed by atoms with van der Waals surface area (Å²) in [7, 11) is 0. The summed E-state index contributed by atoms with van der Waals surface area (Å²) in [4.78, 5) is 12.3. The van der Waals surface area contributed by atoms with Gasteiger partial charge in [-0.05, 0) is 42.0 Å². The van der Waals surface area contributed by atoms with Crippen LogP contribution in [0.1, 0.15) is 34.0 Å². The number of ether oxygens (including phenoxy) is 2. The van der Waals surface area contributed by atoms with Crippen molar-refractivity contribution in [3.05, 3.63) is 95.2 Å². The third-order valence-electron chi connectivity index (χ3n) is 4.34. The highest BCUT2D eigenvalue weighted by Crippen LogP contribution is 2.42. The molecule has 0 spiro atoms. The van der Waals surface area contributed by atoms with Gasteiger partial charge in [-0.3, -0.25) is 4.79 Å². The van der Waals surface area contributed by atoms with E-state index >= 15 is 0 Å². The molecule has 3 N–H and O–H groups in total. The lowest BCUT2D eigenvalue weighted by Crippen LogP contribution is -2.06. The van der Waals surface area contributed by atoms with Gasteiger partial charge in [0.05, 0.1) is 5.56 Å². The number of benzene rings is 3. The zero-order valence-corrected chi connectivity index (χ0v) is 16.2. The fourth-order valence-electron chi connectivity index (χ4n) is 2.96. The van der Waals surface area contributed by atoms with E-state index < -0.39 is 0 Å². The van der Waals surface area contributed by atoms with Gasteiger partial charge < -0.3 is 20.3 Å². The van der Waals surface area contributed by atoms with Crippen molar-refractivity contribution in [3.8, 4) is 17.2 Å². The Kier molecular flexibility index (Phi) is 6.53. The van der Waals surface area contributed by atoms with E-state index in [-0.39, 0.29) is 41.8 Å². The summed E-state index contributed by atoms with van der Waals surface area (Å²) in [5.41, 5.74) is 8.20. The van der Waals surface area contributed by atoms with Gasteiger partial charge in [-0.25, -0.2) is 0 Å². The number of hydrogen-bond donors (Lipinski definition) is 2. The van der Waals surface area contributed by atoms with Crippen LogP contribution in [0.5, 0.6) is 17.2 Å². The Morgan fingerprint density at radius 1 is 0.966 bits per heavy atom. The normalized spacial score (nSPS) is 10.8. The number of carbonyl (C=O) groups is 1. The lowest BCUT2D eigenvalue weighted by Gasteiger charge is -2.18. The van der Waals surface area contributed by atoms with Crippen molar-refractivity contribution in [3.63, 3.8) is 0 Å². The number of hydrogen-bond acceptors (Lipinski definition) is 5. The molecule has 0 aliphatic heterocycles. The molecule has 0 saturated carbocycles. The molecule has 0 heterocycles. The number of phenols is 1. The highest BCUT2D eigenvalue weighted by Gasteiger charge is 2.22. The molecular formula is C24H23NO4. The van der Waals surface area contributed by atoms with Crippen molar-refractivity contribution in [2.24, 2.45) is 5.73 Å². The van der Waals surface area contributed by atoms with Crippen LogP contribution in [0, 0.1) is 0 Å². The lowest BCUT2D eigenvalue weighted by molar-refractivity contribution is 0.101. The van der Waals surface area contributed by atoms with Gasteiger partial charge in [-0.2, -0.15) is 0 Å². The predicted molar refractivity (Wildman–Crippen MR) is 113 cm³/mol. The van der Waals surface area contributed by atoms with Crippen LogP contribution in [-0.2, 0) is 13.2 Å². The summed E-state index contributed by atoms with van der Waals surface area (Å²) in [6, 6.07) is 20.7. The van der Waals surface area contributed by atoms with Crippen LogP contribution in [0.4, 0.5) is 0 Å². The number of phenolic OH excluding ortho intramolecular Hbond substituents is 1. The second-order valence-corrected chi connectivity index (χ2v) is 6.48. The molecule has 0 fully saturated rings. The zero-order chi connectivity index (χ0) is 20.6. The SMILES string of the molecule is CC(=O)c1c(/C=C/N)cc(OCc2ccccc2)c(O)c1OCc1ccccc1. The molecule has 29 heavy (non-hydrogen) atoms. The Labute approximate surface area is 170 Å². The van der Waals surface area contributed by atoms with Gasteiger partial charge in [0.15, 0.2) is 17.3 Å². The van der Waals surface area contributed by atoms with Crippen molar-refractivity contribution in [2.45, 2.75) is 20.1 Å². The van der Waals surface area contributed by atoms with E-state index in [1.54, 1.807) is 12.1 Å². The zero-order valence-electron chi connectivity index (χ0n) is 16.2. The van der Waals surface area contributed by atoms with Crippen LogP contribution in [0.25, 0.3) is 6.08 Å². The van der Waals surface area contributed by atoms with Crippen LogP contribution in [0.2, 0.25) is 0 Å². The molecule has 148 valence electrons. The van der Waals surface area contributed by atoms with Crippen molar-refractivity contribution < 1.29 is 19.4 Å². The second kappa shape index (κ2) is 9.46. The summed E-state index contributed by atoms with van der Waals surface area (Å²) < 4.78 is 11.7. The Hall–Kier alpha value is -3.73. The van der Waals surface area contributed by atoms with Gasteiger partial charge in [0.2, 0.25) is 5.75 Å². The van der Waals surface area contributed by atoms with Crippen LogP contribution in [-0.4, -0.2) is 10.9 Å². The van der Waals surface area contributed by atoms with E-state index in [0.717, 1.165) is 11.1 Å². The minimum Gasteiger partial charge on any atom is -0.502 e. The van der Waals surface area contributed by atoms with E-state index in [1.165, 1.54) is 13.1 Å². The average molecular weight is 389 g/mol. The summed E-state index contributed by atoms with van der Waals surface area (Å²) in [6.45, 7) is 1.88. The molecule has 0 radical (unpaired) electrons. The van der Waals surface area contributed by atoms with Gasteiger partial charge in [-0.1, -0.05) is 60.7 Å². The molecule has 0 saturated heterocycles. The second-order valence-electron chi connectivity index (χ2n) is 6.48. The first kappa shape index (κ1) is 20.0. The van der Waals surface area contributed by atoms with E-state index in [0.29, 0.717) is 5.56 Å². The standard InChI is InChI=1S/C24H23NO4/c1-17(26)22-20(12-13-25)14-21(28-15-18-8-4-2-5-9-18)23(27)24(22)29-16-19-10-6-3-7-11-19/h2-14,27H,15-16,25H2,1H3/b13-12+. The lowest BCUT2D eigenvalue weighted by atomic mass is 10.0. The minimum absolute atomic E-state index is 0.0833. The topological polar surface area (TPSA) is 81.8 Å². The highest BCUT2D eigenvalue weighted by atomic mass is 16.5. The smallest absolute Gasteiger partial charge is 0.201 e. The summed E-state index contributed by atoms with van der Waals surface area (Å²) in [6.07, 6.45) is 2.92. The molecule has 3 aromatic rings. The highest BCUT2D eigenvalue weighted by molar-refractivity contribution is 6.01. The number of Topliss-reactive ketones (excluding diaryl/α,β-unsaturated/α-hetero) is 1. The van der Waals surface area contributed by atoms with Crippen molar-refractivity contribution in [2.75, 3.05) is 0 Å². The molecule has 0 unspecified atom stereocenters. The first-order valence-electron chi connectivity index (χ1n) is 9.22. The third-order valence-corrected chi connectivity index (χ3v) is 4.34. The Morgan fingerprint density at radius 3 is 2.03 bits per heavy atom. The van der Waals surface area contributed by atoms with Crippen LogP contribution >= 0.6 is 0 Å². The summed E-state index contributed by atoms with van der Waals surface area (Å²) in [5, 5.41) is 10.8. The van der Waals surface area contributed by atoms with Crippen molar-refractivity contribution in [1.29, 1.82) is 0 Å². The first-order chi connectivity index (χ1) is 14.1. The van der Waals surface area contributed by atoms with E-state index in [4.69, 9.17) is 15.2 Å². The fraction of sp³-hybridized carbons (Fsp3) is 0.125. The molecule has 5 heteroatoms. The van der Waals surface area contributed by atoms with Gasteiger partial charge in [0.25, 0.3) is 0 Å². The van der Waals surface area contributed by atoms with Crippen LogP contribution < -0.4 is 15.2 Å². The molecule has 5 nitrogen and oxygen atoms in total. The van der Waals surface area contributed by atoms with Gasteiger partial charge in [0.1, 0.15) is 13.2 Å². The third kappa shape index (κ3) is 4.96. The minimum atomic E-state index is -0.244. The number of ketones is 1. The van der Waals surface area contributed by atoms with Crippen molar-refractivity contribution in [1.82, 2.24) is 0 Å². The molecule has 0 amide bonds. The number of carbonyl (C=O) groups excluding carboxylic acids is 1. The number of rotatable bonds is 8. The Balaban J connectivity index is 1.97. The van der Waals surface area contributed by atoms with E-state index in [9.17, 15) is 9.90 Å². The van der Waals surface area contributed by atoms with Crippen LogP contribution in [0.15, 0.2) is 72.9 Å².